The number of aryl methyl sites for hydroxylation is 1. The maximum Gasteiger partial charge on any atom is 0.411 e. The highest BCUT2D eigenvalue weighted by Gasteiger charge is 2.22. The summed E-state index contributed by atoms with van der Waals surface area (Å²) in [5.41, 5.74) is 10.5. The lowest BCUT2D eigenvalue weighted by Crippen LogP contribution is -2.31. The highest BCUT2D eigenvalue weighted by molar-refractivity contribution is 6.32. The summed E-state index contributed by atoms with van der Waals surface area (Å²) in [6, 6.07) is 21.7. The molecule has 1 atom stereocenters. The van der Waals surface area contributed by atoms with E-state index in [1.807, 2.05) is 42.5 Å². The van der Waals surface area contributed by atoms with Crippen LogP contribution < -0.4 is 16.0 Å². The molecule has 39 heavy (non-hydrogen) atoms. The second kappa shape index (κ2) is 12.8. The van der Waals surface area contributed by atoms with Gasteiger partial charge < -0.3 is 21.1 Å². The molecule has 0 aliphatic heterocycles. The van der Waals surface area contributed by atoms with Crippen LogP contribution in [0, 0.1) is 0 Å². The predicted molar refractivity (Wildman–Crippen MR) is 154 cm³/mol. The molecule has 1 aromatic heterocycles. The quantitative estimate of drug-likeness (QED) is 0.188. The third kappa shape index (κ3) is 7.17. The minimum atomic E-state index is -1.06. The lowest BCUT2D eigenvalue weighted by molar-refractivity contribution is -0.121. The van der Waals surface area contributed by atoms with Crippen LogP contribution in [0.5, 0.6) is 0 Å². The number of aromatic nitrogens is 2. The molecule has 10 heteroatoms. The fraction of sp³-hybridized carbons (Fsp3) is 0.207. The van der Waals surface area contributed by atoms with E-state index in [1.54, 1.807) is 30.3 Å². The molecule has 202 valence electrons. The van der Waals surface area contributed by atoms with Crippen LogP contribution in [0.4, 0.5) is 10.5 Å². The molecule has 4 rings (SSSR count). The van der Waals surface area contributed by atoms with Crippen molar-refractivity contribution in [2.75, 3.05) is 11.9 Å². The number of carboxylic acid groups (broad SMARTS) is 1. The van der Waals surface area contributed by atoms with E-state index in [0.717, 1.165) is 21.6 Å². The number of hydrogen-bond donors (Lipinski definition) is 4. The number of nitrogens with two attached hydrogens (primary N) is 1. The number of imidazole rings is 1. The number of halogens is 2. The van der Waals surface area contributed by atoms with E-state index in [-0.39, 0.29) is 12.3 Å². The van der Waals surface area contributed by atoms with Gasteiger partial charge in [0.25, 0.3) is 0 Å². The van der Waals surface area contributed by atoms with Gasteiger partial charge in [-0.2, -0.15) is 0 Å². The van der Waals surface area contributed by atoms with Crippen molar-refractivity contribution in [2.45, 2.75) is 31.8 Å². The molecule has 0 unspecified atom stereocenters. The summed E-state index contributed by atoms with van der Waals surface area (Å²) in [6.45, 7) is 0.367. The van der Waals surface area contributed by atoms with E-state index in [9.17, 15) is 14.7 Å². The molecular formula is C29H29Cl2N5O3. The average molecular weight is 566 g/mol. The molecule has 0 aliphatic carbocycles. The van der Waals surface area contributed by atoms with Gasteiger partial charge >= 0.3 is 6.09 Å². The topological polar surface area (TPSA) is 124 Å². The van der Waals surface area contributed by atoms with Crippen molar-refractivity contribution < 1.29 is 14.7 Å². The van der Waals surface area contributed by atoms with Gasteiger partial charge in [-0.3, -0.25) is 9.69 Å². The summed E-state index contributed by atoms with van der Waals surface area (Å²) in [4.78, 5) is 33.3. The van der Waals surface area contributed by atoms with Crippen LogP contribution in [0.2, 0.25) is 10.2 Å². The van der Waals surface area contributed by atoms with E-state index in [4.69, 9.17) is 33.9 Å². The summed E-state index contributed by atoms with van der Waals surface area (Å²) in [6.07, 6.45) is 0.192. The van der Waals surface area contributed by atoms with E-state index in [2.05, 4.69) is 10.3 Å². The number of carbonyl (C=O) groups excluding carboxylic acids is 1. The lowest BCUT2D eigenvalue weighted by Gasteiger charge is -2.17. The van der Waals surface area contributed by atoms with Crippen LogP contribution in [0.1, 0.15) is 35.0 Å². The molecule has 0 saturated heterocycles. The molecule has 0 radical (unpaired) electrons. The summed E-state index contributed by atoms with van der Waals surface area (Å²) in [5, 5.41) is 13.2. The summed E-state index contributed by atoms with van der Waals surface area (Å²) in [7, 11) is 1.47. The number of nitrogens with zero attached hydrogens (tertiary/aromatic N) is 2. The van der Waals surface area contributed by atoms with Crippen molar-refractivity contribution >= 4 is 40.9 Å². The van der Waals surface area contributed by atoms with E-state index in [1.165, 1.54) is 7.05 Å². The van der Waals surface area contributed by atoms with Crippen molar-refractivity contribution in [2.24, 2.45) is 5.73 Å². The standard InChI is InChI=1S/C29H29Cl2N5O3/c1-36(29(38)39)23-12-8-19(9-13-23)26-27(31)35-28(34-26)24(15-18-5-3-2-4-6-18)33-25(37)14-10-20-16-22(30)11-7-21(20)17-32/h2-9,11-13,16,24H,10,14-15,17,32H2,1H3,(H,33,37)(H,34,35)(H,38,39)/t24-/m0/s1. The van der Waals surface area contributed by atoms with Crippen molar-refractivity contribution in [1.29, 1.82) is 0 Å². The fourth-order valence-corrected chi connectivity index (χ4v) is 4.73. The normalized spacial score (nSPS) is 11.7. The SMILES string of the molecule is CN(C(=O)O)c1ccc(-c2nc([C@H](Cc3ccccc3)NC(=O)CCc3cc(Cl)ccc3CN)[nH]c2Cl)cc1. The second-order valence-electron chi connectivity index (χ2n) is 9.10. The summed E-state index contributed by atoms with van der Waals surface area (Å²) in [5.74, 6) is 0.373. The number of hydrogen-bond acceptors (Lipinski definition) is 4. The van der Waals surface area contributed by atoms with Gasteiger partial charge in [0.2, 0.25) is 5.91 Å². The molecule has 0 aliphatic rings. The van der Waals surface area contributed by atoms with Crippen molar-refractivity contribution in [3.63, 3.8) is 0 Å². The number of anilines is 1. The van der Waals surface area contributed by atoms with Crippen LogP contribution in [0.3, 0.4) is 0 Å². The molecule has 4 aromatic rings. The Balaban J connectivity index is 1.55. The first kappa shape index (κ1) is 28.2. The Bertz CT molecular complexity index is 1440. The van der Waals surface area contributed by atoms with Crippen LogP contribution in [0.15, 0.2) is 72.8 Å². The lowest BCUT2D eigenvalue weighted by atomic mass is 10.0. The third-order valence-electron chi connectivity index (χ3n) is 6.45. The predicted octanol–water partition coefficient (Wildman–Crippen LogP) is 5.99. The fourth-order valence-electron chi connectivity index (χ4n) is 4.29. The Morgan fingerprint density at radius 3 is 2.44 bits per heavy atom. The molecule has 3 aromatic carbocycles. The van der Waals surface area contributed by atoms with Crippen LogP contribution >= 0.6 is 23.2 Å². The van der Waals surface area contributed by atoms with Crippen LogP contribution in [-0.2, 0) is 24.2 Å². The Morgan fingerprint density at radius 2 is 1.77 bits per heavy atom. The Morgan fingerprint density at radius 1 is 1.05 bits per heavy atom. The molecule has 1 heterocycles. The second-order valence-corrected chi connectivity index (χ2v) is 9.91. The van der Waals surface area contributed by atoms with Gasteiger partial charge in [0, 0.05) is 36.3 Å². The smallest absolute Gasteiger partial charge is 0.411 e. The molecule has 0 fully saturated rings. The number of benzene rings is 3. The van der Waals surface area contributed by atoms with E-state index < -0.39 is 12.1 Å². The van der Waals surface area contributed by atoms with Gasteiger partial charge in [-0.25, -0.2) is 9.78 Å². The van der Waals surface area contributed by atoms with Crippen LogP contribution in [-0.4, -0.2) is 34.1 Å². The van der Waals surface area contributed by atoms with E-state index in [0.29, 0.717) is 52.3 Å². The van der Waals surface area contributed by atoms with Gasteiger partial charge in [0.05, 0.1) is 6.04 Å². The zero-order chi connectivity index (χ0) is 27.9. The monoisotopic (exact) mass is 565 g/mol. The van der Waals surface area contributed by atoms with Crippen molar-refractivity contribution in [3.8, 4) is 11.3 Å². The molecule has 5 N–H and O–H groups in total. The molecule has 8 nitrogen and oxygen atoms in total. The number of amides is 2. The number of carbonyl (C=O) groups is 2. The largest absolute Gasteiger partial charge is 0.465 e. The minimum absolute atomic E-state index is 0.144. The summed E-state index contributed by atoms with van der Waals surface area (Å²) >= 11 is 12.7. The number of rotatable bonds is 10. The Labute approximate surface area is 236 Å². The number of nitrogens with one attached hydrogen (secondary N) is 2. The molecule has 0 bridgehead atoms. The molecular weight excluding hydrogens is 537 g/mol. The zero-order valence-corrected chi connectivity index (χ0v) is 22.8. The van der Waals surface area contributed by atoms with Crippen LogP contribution in [0.25, 0.3) is 11.3 Å². The van der Waals surface area contributed by atoms with Crippen molar-refractivity contribution in [3.05, 3.63) is 105 Å². The minimum Gasteiger partial charge on any atom is -0.465 e. The average Bonchev–Trinajstić information content (AvgIpc) is 3.33. The van der Waals surface area contributed by atoms with Gasteiger partial charge in [-0.15, -0.1) is 0 Å². The summed E-state index contributed by atoms with van der Waals surface area (Å²) < 4.78 is 0. The first-order valence-corrected chi connectivity index (χ1v) is 13.1. The highest BCUT2D eigenvalue weighted by Crippen LogP contribution is 2.30. The Hall–Kier alpha value is -3.85. The maximum atomic E-state index is 13.1. The highest BCUT2D eigenvalue weighted by atomic mass is 35.5. The Kier molecular flexibility index (Phi) is 9.24. The molecule has 0 spiro atoms. The number of H-pyrrole nitrogens is 1. The zero-order valence-electron chi connectivity index (χ0n) is 21.3. The first-order chi connectivity index (χ1) is 18.7. The van der Waals surface area contributed by atoms with Gasteiger partial charge in [0.1, 0.15) is 16.7 Å². The van der Waals surface area contributed by atoms with Gasteiger partial charge in [0.15, 0.2) is 0 Å². The molecule has 2 amide bonds. The van der Waals surface area contributed by atoms with E-state index >= 15 is 0 Å². The maximum absolute atomic E-state index is 13.1. The third-order valence-corrected chi connectivity index (χ3v) is 6.96. The van der Waals surface area contributed by atoms with Gasteiger partial charge in [-0.1, -0.05) is 71.7 Å². The number of aromatic amines is 1. The molecule has 0 saturated carbocycles. The van der Waals surface area contributed by atoms with Crippen molar-refractivity contribution in [1.82, 2.24) is 15.3 Å². The first-order valence-electron chi connectivity index (χ1n) is 12.4. The van der Waals surface area contributed by atoms with Gasteiger partial charge in [-0.05, 0) is 53.8 Å².